The number of pyridine rings is 2. The van der Waals surface area contributed by atoms with Gasteiger partial charge in [0.2, 0.25) is 0 Å². The summed E-state index contributed by atoms with van der Waals surface area (Å²) in [5.74, 6) is -11.0. The Morgan fingerprint density at radius 1 is 0.500 bits per heavy atom. The highest BCUT2D eigenvalue weighted by atomic mass is 16.7. The number of carbonyl (C=O) groups is 9. The van der Waals surface area contributed by atoms with Gasteiger partial charge in [-0.3, -0.25) is 58.3 Å². The number of ether oxygens (including phenoxy) is 11. The number of likely N-dealkylation sites (N-methyl/N-ethyl adjacent to an activating group) is 4. The van der Waals surface area contributed by atoms with Crippen LogP contribution in [0.2, 0.25) is 0 Å². The Labute approximate surface area is 815 Å². The molecule has 26 atom stereocenters. The van der Waals surface area contributed by atoms with E-state index >= 15 is 14.4 Å². The van der Waals surface area contributed by atoms with Crippen LogP contribution in [0.3, 0.4) is 0 Å². The van der Waals surface area contributed by atoms with Crippen molar-refractivity contribution < 1.29 is 105 Å². The molecule has 760 valence electrons. The normalized spacial score (nSPS) is 34.6. The number of amides is 2. The number of esters is 3. The number of hydrogen-bond acceptors (Lipinski definition) is 30. The van der Waals surface area contributed by atoms with Gasteiger partial charge < -0.3 is 81.9 Å². The van der Waals surface area contributed by atoms with Gasteiger partial charge in [-0.15, -0.1) is 0 Å². The van der Waals surface area contributed by atoms with Crippen molar-refractivity contribution in [3.8, 4) is 0 Å². The van der Waals surface area contributed by atoms with E-state index in [4.69, 9.17) is 57.2 Å². The summed E-state index contributed by atoms with van der Waals surface area (Å²) >= 11 is 0. The van der Waals surface area contributed by atoms with E-state index in [1.165, 1.54) is 13.8 Å². The molecule has 32 heteroatoms. The number of hydrogen-bond donors (Lipinski definition) is 2. The number of piperazine rings is 2. The molecular formula is C106H154N10O22. The van der Waals surface area contributed by atoms with Gasteiger partial charge in [-0.05, 0) is 184 Å². The lowest BCUT2D eigenvalue weighted by molar-refractivity contribution is -0.296. The summed E-state index contributed by atoms with van der Waals surface area (Å²) in [5, 5.41) is 20.7. The number of carbonyl (C=O) groups excluding carboxylic acids is 9. The molecule has 3 aromatic carbocycles. The molecule has 0 saturated carbocycles. The molecule has 0 radical (unpaired) electrons. The van der Waals surface area contributed by atoms with Gasteiger partial charge in [0.25, 0.3) is 0 Å². The first-order valence-electron chi connectivity index (χ1n) is 49.5. The monoisotopic (exact) mass is 1920 g/mol. The molecule has 8 fully saturated rings. The van der Waals surface area contributed by atoms with E-state index in [-0.39, 0.29) is 74.8 Å². The predicted molar refractivity (Wildman–Crippen MR) is 524 cm³/mol. The molecule has 0 spiro atoms. The van der Waals surface area contributed by atoms with Crippen molar-refractivity contribution in [2.45, 2.75) is 257 Å². The van der Waals surface area contributed by atoms with E-state index in [1.807, 2.05) is 198 Å². The van der Waals surface area contributed by atoms with Crippen molar-refractivity contribution in [2.24, 2.45) is 47.3 Å². The Bertz CT molecular complexity index is 5010. The fraction of sp³-hybridized carbons (Fsp3) is 0.651. The number of aliphatic hydroxyl groups excluding tert-OH is 2. The average Bonchev–Trinajstić information content (AvgIpc) is 1.59. The summed E-state index contributed by atoms with van der Waals surface area (Å²) in [5.41, 5.74) is -1.87. The molecule has 32 nitrogen and oxygen atoms in total. The zero-order chi connectivity index (χ0) is 101. The number of aliphatic hydroxyl groups is 2. The SMILES string of the molecule is CC[C@H]1OC(=O)[C@H](C)C(=O)[C@H](C)[C@@H](O[C@@H]2O[C@H](C)C[C@H](N(C)C)[C@H]2O)[C@](C)(OC/C=C/c2cnc3ccccc3c2)C[C@@H](C)C(=O)[C@H](C)[C@H]2N(CCN3CCN(C)CC3)C(=O)O[C@]12C.CC[C@H]1OC(=O)[C@H](C)C(=O)[C@H](C)[C@@H](O[C@@H]2O[C@H](C)C[C@H](N(C)C)[C@H]2OC(=O)c2ccccc2)[C@](C)(OC/C=C/c2cnc3ccccc3c2)C[C@@H](C)C(=O)[C@H](C)[C@H]2N(CCN3CCN(C)CC3)C(=O)O[C@]12C.CO. The highest BCUT2D eigenvalue weighted by Gasteiger charge is 2.63. The van der Waals surface area contributed by atoms with Crippen molar-refractivity contribution in [1.29, 1.82) is 0 Å². The van der Waals surface area contributed by atoms with Crippen LogP contribution in [0.4, 0.5) is 9.59 Å². The van der Waals surface area contributed by atoms with Crippen molar-refractivity contribution >= 4 is 87.2 Å². The van der Waals surface area contributed by atoms with Crippen molar-refractivity contribution in [3.63, 3.8) is 0 Å². The van der Waals surface area contributed by atoms with E-state index < -0.39 is 173 Å². The average molecular weight is 1920 g/mol. The van der Waals surface area contributed by atoms with E-state index in [2.05, 4.69) is 43.7 Å². The van der Waals surface area contributed by atoms with Crippen molar-refractivity contribution in [3.05, 3.63) is 132 Å². The Kier molecular flexibility index (Phi) is 38.2. The van der Waals surface area contributed by atoms with Gasteiger partial charge in [0.1, 0.15) is 41.7 Å². The van der Waals surface area contributed by atoms with Gasteiger partial charge in [0.05, 0.1) is 83.6 Å². The zero-order valence-electron chi connectivity index (χ0n) is 85.5. The first kappa shape index (κ1) is 109. The van der Waals surface area contributed by atoms with E-state index in [1.54, 1.807) is 74.2 Å². The minimum atomic E-state index is -1.45. The molecule has 5 aromatic rings. The number of para-hydroxylation sites is 2. The Morgan fingerprint density at radius 2 is 0.884 bits per heavy atom. The summed E-state index contributed by atoms with van der Waals surface area (Å²) in [6.45, 7) is 37.1. The maximum atomic E-state index is 15.3. The summed E-state index contributed by atoms with van der Waals surface area (Å²) in [7, 11) is 12.7. The van der Waals surface area contributed by atoms with Crippen LogP contribution in [0, 0.1) is 47.3 Å². The standard InChI is InChI=1S/C56H77N5O11.C49H73N5O10.CH4O/c1-12-45-56(8)49(61(54(66)72-56)29-28-60-26-24-59(11)25-27-60)37(4)46(62)35(2)33-55(7,67-30-18-19-40-32-42-22-16-17-23-43(42)57-34-40)50(38(5)47(63)39(6)51(64)69-45)71-53-48(44(58(9)10)31-36(3)68-53)70-52(65)41-20-14-13-15-21-41;1-12-39-49(8)43(54(47(59)64-49)24-23-53-21-19-52(11)20-22-53)32(4)40(55)30(2)28-48(7,60-25-15-16-35-27-36-17-13-14-18-37(36)50-29-35)44(33(5)41(56)34(6)45(58)62-39)63-46-42(57)38(51(9)10)26-31(3)61-46;1-2/h13-23,32,34-39,44-45,48-50,53H,12,24-31,33H2,1-11H3;13-18,27,29-34,38-39,42-44,46,57H,12,19-26,28H2,1-11H3;2H,1H3/b19-18+;16-15+;/t35-,36-,37+,38+,39-,44+,45-,48-,49-,50-,53+,55-,56-;30-,31-,32+,33+,34-,38+,39-,42-,43-,44-,46+,48-,49-;/m11./s1. The first-order chi connectivity index (χ1) is 65.5. The molecule has 10 heterocycles. The molecule has 138 heavy (non-hydrogen) atoms. The molecule has 8 saturated heterocycles. The lowest BCUT2D eigenvalue weighted by Crippen LogP contribution is -2.61. The van der Waals surface area contributed by atoms with E-state index in [0.717, 1.165) is 92.4 Å². The highest BCUT2D eigenvalue weighted by Crippen LogP contribution is 2.47. The van der Waals surface area contributed by atoms with Gasteiger partial charge in [0.15, 0.2) is 41.5 Å². The summed E-state index contributed by atoms with van der Waals surface area (Å²) in [4.78, 5) is 156. The molecule has 0 bridgehead atoms. The maximum absolute atomic E-state index is 15.3. The number of fused-ring (bicyclic) bond motifs is 4. The lowest BCUT2D eigenvalue weighted by atomic mass is 9.73. The number of ketones is 4. The summed E-state index contributed by atoms with van der Waals surface area (Å²) < 4.78 is 72.0. The fourth-order valence-corrected chi connectivity index (χ4v) is 22.0. The molecule has 2 N–H and O–H groups in total. The van der Waals surface area contributed by atoms with Crippen LogP contribution in [0.15, 0.2) is 116 Å². The number of benzene rings is 3. The van der Waals surface area contributed by atoms with Gasteiger partial charge in [-0.1, -0.05) is 134 Å². The number of nitrogens with zero attached hydrogens (tertiary/aromatic N) is 10. The van der Waals surface area contributed by atoms with Crippen LogP contribution < -0.4 is 0 Å². The van der Waals surface area contributed by atoms with Crippen molar-refractivity contribution in [2.75, 3.05) is 141 Å². The molecule has 0 aliphatic carbocycles. The molecule has 2 amide bonds. The summed E-state index contributed by atoms with van der Waals surface area (Å²) in [6.07, 6.45) is 2.27. The third-order valence-corrected chi connectivity index (χ3v) is 30.0. The van der Waals surface area contributed by atoms with Crippen LogP contribution in [0.5, 0.6) is 0 Å². The van der Waals surface area contributed by atoms with Gasteiger partial charge >= 0.3 is 30.1 Å². The number of Topliss-reactive ketones (excluding diaryl/α,β-unsaturated/α-hetero) is 4. The van der Waals surface area contributed by atoms with E-state index in [9.17, 15) is 33.9 Å². The highest BCUT2D eigenvalue weighted by molar-refractivity contribution is 6.01. The molecule has 13 rings (SSSR count). The van der Waals surface area contributed by atoms with Crippen LogP contribution in [-0.2, 0) is 80.9 Å². The van der Waals surface area contributed by atoms with Crippen LogP contribution in [0.25, 0.3) is 34.0 Å². The van der Waals surface area contributed by atoms with Gasteiger partial charge in [0, 0.05) is 150 Å². The Morgan fingerprint density at radius 3 is 1.29 bits per heavy atom. The van der Waals surface area contributed by atoms with Crippen LogP contribution >= 0.6 is 0 Å². The van der Waals surface area contributed by atoms with Gasteiger partial charge in [-0.25, -0.2) is 14.4 Å². The first-order valence-corrected chi connectivity index (χ1v) is 49.5. The third kappa shape index (κ3) is 25.5. The second kappa shape index (κ2) is 48.2. The number of cyclic esters (lactones) is 2. The number of aromatic nitrogens is 2. The molecule has 2 aromatic heterocycles. The lowest BCUT2D eigenvalue weighted by Gasteiger charge is -2.48. The van der Waals surface area contributed by atoms with Crippen LogP contribution in [-0.4, -0.2) is 362 Å². The second-order valence-electron chi connectivity index (χ2n) is 40.7. The molecule has 0 unspecified atom stereocenters. The zero-order valence-corrected chi connectivity index (χ0v) is 85.5. The van der Waals surface area contributed by atoms with E-state index in [0.29, 0.717) is 44.6 Å². The van der Waals surface area contributed by atoms with Gasteiger partial charge in [-0.2, -0.15) is 0 Å². The molecule has 8 aliphatic heterocycles. The Hall–Kier alpha value is -8.97. The minimum absolute atomic E-state index is 0.0219. The fourth-order valence-electron chi connectivity index (χ4n) is 22.0. The summed E-state index contributed by atoms with van der Waals surface area (Å²) in [6, 6.07) is 26.1. The minimum Gasteiger partial charge on any atom is -0.458 e. The second-order valence-corrected chi connectivity index (χ2v) is 40.7. The smallest absolute Gasteiger partial charge is 0.410 e. The van der Waals surface area contributed by atoms with Crippen LogP contribution in [0.1, 0.15) is 171 Å². The molecular weight excluding hydrogens is 1770 g/mol. The molecule has 8 aliphatic rings. The maximum Gasteiger partial charge on any atom is 0.410 e. The number of rotatable bonds is 24. The third-order valence-electron chi connectivity index (χ3n) is 30.0. The quantitative estimate of drug-likeness (QED) is 0.0329. The predicted octanol–water partition coefficient (Wildman–Crippen LogP) is 11.6. The van der Waals surface area contributed by atoms with Crippen molar-refractivity contribution in [1.82, 2.24) is 49.2 Å². The largest absolute Gasteiger partial charge is 0.458 e. The topological polar surface area (TPSA) is 347 Å². The Balaban J connectivity index is 0.000000262.